The van der Waals surface area contributed by atoms with Crippen molar-refractivity contribution >= 4 is 10.9 Å². The summed E-state index contributed by atoms with van der Waals surface area (Å²) >= 11 is 0. The number of para-hydroxylation sites is 2. The summed E-state index contributed by atoms with van der Waals surface area (Å²) in [4.78, 5) is 6.05. The number of H-pyrrole nitrogens is 1. The van der Waals surface area contributed by atoms with E-state index in [2.05, 4.69) is 76.7 Å². The van der Waals surface area contributed by atoms with Gasteiger partial charge >= 0.3 is 0 Å². The average molecular weight is 368 g/mol. The molecule has 0 radical (unpaired) electrons. The van der Waals surface area contributed by atoms with Crippen LogP contribution in [0.1, 0.15) is 28.3 Å². The van der Waals surface area contributed by atoms with Gasteiger partial charge in [0, 0.05) is 35.8 Å². The Labute approximate surface area is 165 Å². The number of fused-ring (bicyclic) bond motifs is 2. The molecule has 1 N–H and O–H groups in total. The van der Waals surface area contributed by atoms with Gasteiger partial charge in [-0.25, -0.2) is 0 Å². The highest BCUT2D eigenvalue weighted by molar-refractivity contribution is 5.84. The minimum atomic E-state index is 0.228. The predicted molar refractivity (Wildman–Crippen MR) is 114 cm³/mol. The Morgan fingerprint density at radius 1 is 0.929 bits per heavy atom. The number of nitrogens with zero attached hydrogens (tertiary/aromatic N) is 1. The molecule has 28 heavy (non-hydrogen) atoms. The monoisotopic (exact) mass is 368 g/mol. The largest absolute Gasteiger partial charge is 0.496 e. The number of ether oxygens (including phenoxy) is 1. The number of aromatic nitrogens is 1. The molecule has 3 heteroatoms. The Hall–Kier alpha value is -3.04. The highest BCUT2D eigenvalue weighted by Crippen LogP contribution is 2.39. The lowest BCUT2D eigenvalue weighted by molar-refractivity contribution is 0.203. The summed E-state index contributed by atoms with van der Waals surface area (Å²) in [5.74, 6) is 0.957. The molecule has 1 unspecified atom stereocenters. The highest BCUT2D eigenvalue weighted by Gasteiger charge is 2.30. The number of hydrogen-bond donors (Lipinski definition) is 1. The summed E-state index contributed by atoms with van der Waals surface area (Å²) in [7, 11) is 1.75. The lowest BCUT2D eigenvalue weighted by Gasteiger charge is -2.37. The number of methoxy groups -OCH3 is 1. The Bertz CT molecular complexity index is 1110. The van der Waals surface area contributed by atoms with E-state index in [9.17, 15) is 0 Å². The van der Waals surface area contributed by atoms with Crippen LogP contribution < -0.4 is 4.74 Å². The Kier molecular flexibility index (Phi) is 4.38. The second kappa shape index (κ2) is 7.17. The van der Waals surface area contributed by atoms with Gasteiger partial charge < -0.3 is 9.72 Å². The van der Waals surface area contributed by atoms with Crippen LogP contribution in [0, 0.1) is 0 Å². The summed E-state index contributed by atoms with van der Waals surface area (Å²) < 4.78 is 5.62. The summed E-state index contributed by atoms with van der Waals surface area (Å²) in [5.41, 5.74) is 6.63. The topological polar surface area (TPSA) is 28.3 Å². The maximum atomic E-state index is 5.62. The van der Waals surface area contributed by atoms with Crippen LogP contribution in [0.5, 0.6) is 5.75 Å². The van der Waals surface area contributed by atoms with E-state index in [1.165, 1.54) is 33.2 Å². The molecule has 1 atom stereocenters. The summed E-state index contributed by atoms with van der Waals surface area (Å²) in [6.07, 6.45) is 3.26. The lowest BCUT2D eigenvalue weighted by Crippen LogP contribution is -2.35. The van der Waals surface area contributed by atoms with Gasteiger partial charge in [-0.3, -0.25) is 4.90 Å². The molecule has 0 fully saturated rings. The van der Waals surface area contributed by atoms with Crippen LogP contribution in [0.25, 0.3) is 10.9 Å². The third kappa shape index (κ3) is 2.88. The fourth-order valence-corrected chi connectivity index (χ4v) is 4.53. The van der Waals surface area contributed by atoms with Crippen molar-refractivity contribution in [2.45, 2.75) is 19.0 Å². The van der Waals surface area contributed by atoms with Crippen molar-refractivity contribution in [3.8, 4) is 5.75 Å². The Morgan fingerprint density at radius 3 is 2.64 bits per heavy atom. The first-order valence-corrected chi connectivity index (χ1v) is 9.85. The molecule has 0 saturated heterocycles. The summed E-state index contributed by atoms with van der Waals surface area (Å²) in [6, 6.07) is 26.0. The molecule has 0 aliphatic carbocycles. The minimum absolute atomic E-state index is 0.228. The molecular formula is C25H24N2O. The van der Waals surface area contributed by atoms with Crippen LogP contribution in [0.15, 0.2) is 79.0 Å². The van der Waals surface area contributed by atoms with E-state index in [0.29, 0.717) is 0 Å². The molecule has 0 amide bonds. The highest BCUT2D eigenvalue weighted by atomic mass is 16.5. The zero-order valence-corrected chi connectivity index (χ0v) is 16.1. The minimum Gasteiger partial charge on any atom is -0.496 e. The average Bonchev–Trinajstić information content (AvgIpc) is 3.18. The van der Waals surface area contributed by atoms with Gasteiger partial charge in [-0.2, -0.15) is 0 Å². The van der Waals surface area contributed by atoms with Crippen molar-refractivity contribution in [2.75, 3.05) is 13.7 Å². The van der Waals surface area contributed by atoms with Crippen molar-refractivity contribution in [1.82, 2.24) is 9.88 Å². The van der Waals surface area contributed by atoms with Gasteiger partial charge in [-0.05, 0) is 35.2 Å². The van der Waals surface area contributed by atoms with Crippen molar-refractivity contribution in [2.24, 2.45) is 0 Å². The molecule has 140 valence electrons. The Balaban J connectivity index is 1.62. The van der Waals surface area contributed by atoms with Crippen molar-refractivity contribution < 1.29 is 4.74 Å². The van der Waals surface area contributed by atoms with Gasteiger partial charge in [0.05, 0.1) is 13.2 Å². The van der Waals surface area contributed by atoms with E-state index in [1.54, 1.807) is 7.11 Å². The number of nitrogens with one attached hydrogen (secondary N) is 1. The summed E-state index contributed by atoms with van der Waals surface area (Å²) in [6.45, 7) is 1.89. The second-order valence-corrected chi connectivity index (χ2v) is 7.42. The molecule has 0 saturated carbocycles. The van der Waals surface area contributed by atoms with Crippen LogP contribution in [0.2, 0.25) is 0 Å². The molecule has 4 aromatic rings. The van der Waals surface area contributed by atoms with Crippen molar-refractivity contribution in [3.05, 3.63) is 101 Å². The molecule has 0 bridgehead atoms. The zero-order chi connectivity index (χ0) is 18.9. The molecule has 1 aliphatic rings. The van der Waals surface area contributed by atoms with E-state index in [4.69, 9.17) is 4.74 Å². The van der Waals surface area contributed by atoms with E-state index < -0.39 is 0 Å². The van der Waals surface area contributed by atoms with E-state index >= 15 is 0 Å². The third-order valence-electron chi connectivity index (χ3n) is 5.86. The maximum absolute atomic E-state index is 5.62. The number of rotatable bonds is 4. The standard InChI is InChI=1S/C25H24N2O/c1-28-24-13-7-3-9-19(24)17-27-15-14-18-8-2-4-10-20(18)25(27)22-16-26-23-12-6-5-11-21(22)23/h2-13,16,25-26H,14-15,17H2,1H3. The first kappa shape index (κ1) is 17.1. The molecule has 1 aliphatic heterocycles. The first-order chi connectivity index (χ1) is 13.8. The maximum Gasteiger partial charge on any atom is 0.123 e. The number of benzene rings is 3. The van der Waals surface area contributed by atoms with Crippen LogP contribution in [0.3, 0.4) is 0 Å². The fraction of sp³-hybridized carbons (Fsp3) is 0.200. The third-order valence-corrected chi connectivity index (χ3v) is 5.86. The molecular weight excluding hydrogens is 344 g/mol. The van der Waals surface area contributed by atoms with Gasteiger partial charge in [-0.15, -0.1) is 0 Å². The molecule has 5 rings (SSSR count). The predicted octanol–water partition coefficient (Wildman–Crippen LogP) is 5.32. The molecule has 1 aromatic heterocycles. The SMILES string of the molecule is COc1ccccc1CN1CCc2ccccc2C1c1c[nH]c2ccccc12. The zero-order valence-electron chi connectivity index (χ0n) is 16.1. The van der Waals surface area contributed by atoms with Gasteiger partial charge in [0.15, 0.2) is 0 Å². The van der Waals surface area contributed by atoms with Crippen LogP contribution in [-0.4, -0.2) is 23.5 Å². The fourth-order valence-electron chi connectivity index (χ4n) is 4.53. The van der Waals surface area contributed by atoms with Crippen LogP contribution in [-0.2, 0) is 13.0 Å². The normalized spacial score (nSPS) is 16.8. The number of hydrogen-bond acceptors (Lipinski definition) is 2. The lowest BCUT2D eigenvalue weighted by atomic mass is 9.87. The van der Waals surface area contributed by atoms with Crippen LogP contribution in [0.4, 0.5) is 0 Å². The second-order valence-electron chi connectivity index (χ2n) is 7.42. The van der Waals surface area contributed by atoms with E-state index in [1.807, 2.05) is 12.1 Å². The molecule has 2 heterocycles. The smallest absolute Gasteiger partial charge is 0.123 e. The quantitative estimate of drug-likeness (QED) is 0.528. The van der Waals surface area contributed by atoms with Gasteiger partial charge in [0.25, 0.3) is 0 Å². The van der Waals surface area contributed by atoms with Crippen molar-refractivity contribution in [3.63, 3.8) is 0 Å². The van der Waals surface area contributed by atoms with Gasteiger partial charge in [0.1, 0.15) is 5.75 Å². The molecule has 3 aromatic carbocycles. The number of aromatic amines is 1. The van der Waals surface area contributed by atoms with E-state index in [0.717, 1.165) is 25.3 Å². The summed E-state index contributed by atoms with van der Waals surface area (Å²) in [5, 5.41) is 1.30. The van der Waals surface area contributed by atoms with Crippen molar-refractivity contribution in [1.29, 1.82) is 0 Å². The van der Waals surface area contributed by atoms with Gasteiger partial charge in [-0.1, -0.05) is 60.7 Å². The Morgan fingerprint density at radius 2 is 1.71 bits per heavy atom. The molecule has 0 spiro atoms. The first-order valence-electron chi connectivity index (χ1n) is 9.85. The van der Waals surface area contributed by atoms with Crippen LogP contribution >= 0.6 is 0 Å². The van der Waals surface area contributed by atoms with E-state index in [-0.39, 0.29) is 6.04 Å². The molecule has 3 nitrogen and oxygen atoms in total. The van der Waals surface area contributed by atoms with Gasteiger partial charge in [0.2, 0.25) is 0 Å².